The van der Waals surface area contributed by atoms with Gasteiger partial charge in [0.1, 0.15) is 18.9 Å². The quantitative estimate of drug-likeness (QED) is 0.396. The maximum Gasteiger partial charge on any atom is 0.417 e. The lowest BCUT2D eigenvalue weighted by molar-refractivity contribution is -0.138. The van der Waals surface area contributed by atoms with Crippen molar-refractivity contribution < 1.29 is 47.9 Å². The van der Waals surface area contributed by atoms with E-state index in [1.54, 1.807) is 0 Å². The van der Waals surface area contributed by atoms with Gasteiger partial charge in [-0.25, -0.2) is 4.98 Å². The number of nitrogens with zero attached hydrogens (tertiary/aromatic N) is 3. The minimum atomic E-state index is -5.10. The Morgan fingerprint density at radius 2 is 1.50 bits per heavy atom. The number of fused-ring (bicyclic) bond motifs is 1. The molecule has 17 heteroatoms. The first kappa shape index (κ1) is 27.7. The van der Waals surface area contributed by atoms with Crippen LogP contribution in [0.15, 0.2) is 24.3 Å². The Hall–Kier alpha value is -2.53. The number of nitrogens with one attached hydrogen (secondary N) is 2. The van der Waals surface area contributed by atoms with Gasteiger partial charge in [-0.05, 0) is 24.3 Å². The summed E-state index contributed by atoms with van der Waals surface area (Å²) < 4.78 is 142. The number of halogens is 9. The number of alkyl halides is 9. The molecule has 1 aromatic carbocycles. The normalized spacial score (nSPS) is 13.5. The number of rotatable bonds is 8. The van der Waals surface area contributed by atoms with E-state index in [0.717, 1.165) is 16.4 Å². The molecule has 0 aliphatic rings. The predicted molar refractivity (Wildman–Crippen MR) is 105 cm³/mol. The van der Waals surface area contributed by atoms with E-state index in [9.17, 15) is 47.9 Å². The first-order valence-corrected chi connectivity index (χ1v) is 10.7. The van der Waals surface area contributed by atoms with E-state index < -0.39 is 69.8 Å². The van der Waals surface area contributed by atoms with E-state index in [-0.39, 0.29) is 11.4 Å². The highest BCUT2D eigenvalue weighted by Crippen LogP contribution is 2.38. The second-order valence-corrected chi connectivity index (χ2v) is 8.76. The van der Waals surface area contributed by atoms with Gasteiger partial charge in [-0.15, -0.1) is 4.83 Å². The predicted octanol–water partition coefficient (Wildman–Crippen LogP) is 4.30. The Morgan fingerprint density at radius 1 is 0.941 bits per heavy atom. The van der Waals surface area contributed by atoms with Crippen LogP contribution in [0.1, 0.15) is 12.5 Å². The van der Waals surface area contributed by atoms with Crippen molar-refractivity contribution >= 4 is 32.6 Å². The van der Waals surface area contributed by atoms with Gasteiger partial charge in [-0.2, -0.15) is 52.2 Å². The molecule has 7 nitrogen and oxygen atoms in total. The second-order valence-electron chi connectivity index (χ2n) is 6.99. The molecule has 0 unspecified atom stereocenters. The average Bonchev–Trinajstić information content (AvgIpc) is 2.67. The third-order valence-electron chi connectivity index (χ3n) is 4.37. The van der Waals surface area contributed by atoms with Crippen molar-refractivity contribution in [1.29, 1.82) is 0 Å². The smallest absolute Gasteiger partial charge is 0.353 e. The van der Waals surface area contributed by atoms with Crippen LogP contribution in [0.4, 0.5) is 51.0 Å². The highest BCUT2D eigenvalue weighted by molar-refractivity contribution is 7.87. The summed E-state index contributed by atoms with van der Waals surface area (Å²) in [6.07, 6.45) is -15.2. The molecule has 2 N–H and O–H groups in total. The van der Waals surface area contributed by atoms with Crippen molar-refractivity contribution in [3.05, 3.63) is 29.8 Å². The summed E-state index contributed by atoms with van der Waals surface area (Å²) in [5, 5.41) is -0.779. The van der Waals surface area contributed by atoms with Crippen LogP contribution in [-0.4, -0.2) is 56.7 Å². The van der Waals surface area contributed by atoms with Crippen LogP contribution < -0.4 is 15.2 Å². The zero-order chi connectivity index (χ0) is 26.1. The van der Waals surface area contributed by atoms with Crippen LogP contribution in [0, 0.1) is 0 Å². The van der Waals surface area contributed by atoms with Gasteiger partial charge in [0.05, 0.1) is 11.1 Å². The summed E-state index contributed by atoms with van der Waals surface area (Å²) in [5.41, 5.74) is -0.668. The first-order valence-electron chi connectivity index (χ1n) is 9.22. The van der Waals surface area contributed by atoms with Crippen molar-refractivity contribution in [3.63, 3.8) is 0 Å². The molecule has 0 radical (unpaired) electrons. The molecular weight excluding hydrogens is 509 g/mol. The van der Waals surface area contributed by atoms with Crippen LogP contribution in [0.3, 0.4) is 0 Å². The number of hydrazine groups is 1. The number of benzene rings is 1. The van der Waals surface area contributed by atoms with Gasteiger partial charge in [0.15, 0.2) is 0 Å². The minimum absolute atomic E-state index is 0.0328. The molecule has 1 heterocycles. The average molecular weight is 527 g/mol. The largest absolute Gasteiger partial charge is 0.417 e. The third kappa shape index (κ3) is 7.49. The molecule has 1 aromatic heterocycles. The minimum Gasteiger partial charge on any atom is -0.353 e. The van der Waals surface area contributed by atoms with Crippen molar-refractivity contribution in [2.45, 2.75) is 25.5 Å². The van der Waals surface area contributed by atoms with Gasteiger partial charge in [-0.3, -0.25) is 5.43 Å². The van der Waals surface area contributed by atoms with Gasteiger partial charge in [0.25, 0.3) is 10.2 Å². The molecule has 34 heavy (non-hydrogen) atoms. The standard InChI is InChI=1S/C17H18F9N5O2S/c1-3-30(2)34(32,33)29-28-14-7-12(17(24,25)26)11-6-10(4-5-13(11)27-14)31(8-15(18,19)20)9-16(21,22)23/h4-7,29H,3,8-9H2,1-2H3,(H,27,28). The molecule has 192 valence electrons. The lowest BCUT2D eigenvalue weighted by Crippen LogP contribution is -2.41. The molecule has 0 saturated carbocycles. The number of hydrogen-bond donors (Lipinski definition) is 2. The van der Waals surface area contributed by atoms with E-state index in [2.05, 4.69) is 4.98 Å². The van der Waals surface area contributed by atoms with E-state index in [1.807, 2.05) is 10.3 Å². The Balaban J connectivity index is 2.56. The molecule has 2 rings (SSSR count). The lowest BCUT2D eigenvalue weighted by atomic mass is 10.1. The monoisotopic (exact) mass is 527 g/mol. The fraction of sp³-hybridized carbons (Fsp3) is 0.471. The lowest BCUT2D eigenvalue weighted by Gasteiger charge is -2.27. The Morgan fingerprint density at radius 3 is 1.97 bits per heavy atom. The SMILES string of the molecule is CCN(C)S(=O)(=O)NNc1cc(C(F)(F)F)c2cc(N(CC(F)(F)F)CC(F)(F)F)ccc2n1. The molecule has 0 bridgehead atoms. The molecule has 2 aromatic rings. The Labute approximate surface area is 187 Å². The number of pyridine rings is 1. The molecule has 0 aliphatic carbocycles. The number of hydrogen-bond acceptors (Lipinski definition) is 5. The van der Waals surface area contributed by atoms with Crippen LogP contribution in [-0.2, 0) is 16.4 Å². The van der Waals surface area contributed by atoms with Gasteiger partial charge < -0.3 is 4.90 Å². The van der Waals surface area contributed by atoms with Gasteiger partial charge in [0.2, 0.25) is 0 Å². The summed E-state index contributed by atoms with van der Waals surface area (Å²) in [7, 11) is -2.94. The molecular formula is C17H18F9N5O2S. The zero-order valence-electron chi connectivity index (χ0n) is 17.4. The fourth-order valence-corrected chi connectivity index (χ4v) is 3.47. The van der Waals surface area contributed by atoms with Crippen LogP contribution in [0.2, 0.25) is 0 Å². The maximum atomic E-state index is 13.7. The summed E-state index contributed by atoms with van der Waals surface area (Å²) in [5.74, 6) is -0.608. The maximum absolute atomic E-state index is 13.7. The highest BCUT2D eigenvalue weighted by Gasteiger charge is 2.38. The topological polar surface area (TPSA) is 77.6 Å². The van der Waals surface area contributed by atoms with Crippen molar-refractivity contribution in [2.24, 2.45) is 0 Å². The van der Waals surface area contributed by atoms with Gasteiger partial charge in [-0.1, -0.05) is 6.92 Å². The first-order chi connectivity index (χ1) is 15.3. The van der Waals surface area contributed by atoms with E-state index in [4.69, 9.17) is 0 Å². The third-order valence-corrected chi connectivity index (χ3v) is 5.81. The highest BCUT2D eigenvalue weighted by atomic mass is 32.2. The Bertz CT molecular complexity index is 1100. The zero-order valence-corrected chi connectivity index (χ0v) is 18.2. The van der Waals surface area contributed by atoms with Crippen molar-refractivity contribution in [3.8, 4) is 0 Å². The van der Waals surface area contributed by atoms with Crippen LogP contribution in [0.5, 0.6) is 0 Å². The summed E-state index contributed by atoms with van der Waals surface area (Å²) in [6, 6.07) is 2.45. The van der Waals surface area contributed by atoms with Gasteiger partial charge >= 0.3 is 18.5 Å². The summed E-state index contributed by atoms with van der Waals surface area (Å²) in [4.78, 5) is 5.43. The molecule has 0 spiro atoms. The number of aromatic nitrogens is 1. The van der Waals surface area contributed by atoms with Crippen LogP contribution >= 0.6 is 0 Å². The Kier molecular flexibility index (Phi) is 7.83. The summed E-state index contributed by atoms with van der Waals surface area (Å²) >= 11 is 0. The second kappa shape index (κ2) is 9.61. The van der Waals surface area contributed by atoms with Crippen LogP contribution in [0.25, 0.3) is 10.9 Å². The molecule has 0 atom stereocenters. The van der Waals surface area contributed by atoms with Gasteiger partial charge in [0, 0.05) is 24.7 Å². The summed E-state index contributed by atoms with van der Waals surface area (Å²) in [6.45, 7) is -2.59. The van der Waals surface area contributed by atoms with Crippen molar-refractivity contribution in [2.75, 3.05) is 37.0 Å². The molecule has 0 amide bonds. The molecule has 0 aliphatic heterocycles. The van der Waals surface area contributed by atoms with Crippen molar-refractivity contribution in [1.82, 2.24) is 14.1 Å². The molecule has 0 fully saturated rings. The number of anilines is 2. The molecule has 0 saturated heterocycles. The van der Waals surface area contributed by atoms with E-state index >= 15 is 0 Å². The fourth-order valence-electron chi connectivity index (χ4n) is 2.74. The van der Waals surface area contributed by atoms with E-state index in [1.165, 1.54) is 14.0 Å². The van der Waals surface area contributed by atoms with E-state index in [0.29, 0.717) is 12.1 Å².